The van der Waals surface area contributed by atoms with Gasteiger partial charge in [0.25, 0.3) is 0 Å². The van der Waals surface area contributed by atoms with Crippen molar-refractivity contribution >= 4 is 34.6 Å². The van der Waals surface area contributed by atoms with E-state index >= 15 is 0 Å². The molecule has 0 atom stereocenters. The van der Waals surface area contributed by atoms with Crippen LogP contribution in [0, 0.1) is 0 Å². The first-order valence-electron chi connectivity index (χ1n) is 7.87. The molecular formula is C18H18ClN3O3S. The van der Waals surface area contributed by atoms with Gasteiger partial charge in [-0.3, -0.25) is 5.43 Å². The van der Waals surface area contributed by atoms with Crippen LogP contribution in [0.1, 0.15) is 18.1 Å². The maximum Gasteiger partial charge on any atom is 0.231 e. The van der Waals surface area contributed by atoms with E-state index in [1.54, 1.807) is 25.3 Å². The van der Waals surface area contributed by atoms with Crippen molar-refractivity contribution in [3.63, 3.8) is 0 Å². The normalized spacial score (nSPS) is 12.7. The summed E-state index contributed by atoms with van der Waals surface area (Å²) in [6.07, 6.45) is 0. The Morgan fingerprint density at radius 1 is 1.23 bits per heavy atom. The molecule has 2 aromatic rings. The van der Waals surface area contributed by atoms with Crippen molar-refractivity contribution in [1.29, 1.82) is 0 Å². The number of hydrazone groups is 1. The lowest BCUT2D eigenvalue weighted by atomic mass is 10.1. The van der Waals surface area contributed by atoms with E-state index in [1.807, 2.05) is 25.1 Å². The minimum Gasteiger partial charge on any atom is -0.496 e. The van der Waals surface area contributed by atoms with Crippen molar-refractivity contribution in [3.05, 3.63) is 52.5 Å². The lowest BCUT2D eigenvalue weighted by molar-refractivity contribution is 0.174. The van der Waals surface area contributed by atoms with E-state index in [9.17, 15) is 0 Å². The highest BCUT2D eigenvalue weighted by molar-refractivity contribution is 7.80. The smallest absolute Gasteiger partial charge is 0.231 e. The second kappa shape index (κ2) is 8.25. The van der Waals surface area contributed by atoms with E-state index in [2.05, 4.69) is 15.8 Å². The molecule has 136 valence electrons. The number of nitrogens with one attached hydrogen (secondary N) is 2. The summed E-state index contributed by atoms with van der Waals surface area (Å²) in [6, 6.07) is 11.1. The molecule has 0 spiro atoms. The zero-order valence-corrected chi connectivity index (χ0v) is 15.9. The molecular weight excluding hydrogens is 374 g/mol. The molecule has 0 amide bonds. The maximum absolute atomic E-state index is 6.05. The molecule has 1 aliphatic rings. The number of benzene rings is 2. The largest absolute Gasteiger partial charge is 0.496 e. The van der Waals surface area contributed by atoms with Crippen LogP contribution in [0.15, 0.2) is 41.5 Å². The number of fused-ring (bicyclic) bond motifs is 1. The summed E-state index contributed by atoms with van der Waals surface area (Å²) in [4.78, 5) is 0. The fraction of sp³-hybridized carbons (Fsp3) is 0.222. The lowest BCUT2D eigenvalue weighted by Gasteiger charge is -2.11. The van der Waals surface area contributed by atoms with E-state index in [0.717, 1.165) is 22.6 Å². The van der Waals surface area contributed by atoms with Gasteiger partial charge in [0.1, 0.15) is 5.75 Å². The van der Waals surface area contributed by atoms with Gasteiger partial charge >= 0.3 is 0 Å². The maximum atomic E-state index is 6.05. The Hall–Kier alpha value is -2.51. The van der Waals surface area contributed by atoms with Crippen LogP contribution in [0.5, 0.6) is 17.2 Å². The minimum absolute atomic E-state index is 0.257. The summed E-state index contributed by atoms with van der Waals surface area (Å²) in [7, 11) is 1.60. The van der Waals surface area contributed by atoms with E-state index in [-0.39, 0.29) is 6.79 Å². The fourth-order valence-electron chi connectivity index (χ4n) is 2.43. The number of halogens is 1. The van der Waals surface area contributed by atoms with E-state index in [0.29, 0.717) is 28.1 Å². The Morgan fingerprint density at radius 2 is 2.04 bits per heavy atom. The van der Waals surface area contributed by atoms with Crippen molar-refractivity contribution in [3.8, 4) is 17.2 Å². The molecule has 0 saturated heterocycles. The zero-order chi connectivity index (χ0) is 18.5. The quantitative estimate of drug-likeness (QED) is 0.462. The summed E-state index contributed by atoms with van der Waals surface area (Å²) < 4.78 is 16.0. The van der Waals surface area contributed by atoms with Crippen molar-refractivity contribution in [2.24, 2.45) is 5.10 Å². The van der Waals surface area contributed by atoms with Gasteiger partial charge in [-0.25, -0.2) is 0 Å². The number of hydrogen-bond acceptors (Lipinski definition) is 5. The molecule has 0 fully saturated rings. The second-order valence-electron chi connectivity index (χ2n) is 5.52. The Balaban J connectivity index is 1.58. The standard InChI is InChI=1S/C18H18ClN3O3S/c1-11(14-8-13(19)4-6-15(14)23-2)21-22-18(26)20-9-12-3-5-16-17(7-12)25-10-24-16/h3-8H,9-10H2,1-2H3,(H2,20,22,26)/b21-11-. The molecule has 1 heterocycles. The van der Waals surface area contributed by atoms with E-state index < -0.39 is 0 Å². The van der Waals surface area contributed by atoms with E-state index in [4.69, 9.17) is 38.0 Å². The first kappa shape index (κ1) is 18.3. The average Bonchev–Trinajstić information content (AvgIpc) is 3.12. The van der Waals surface area contributed by atoms with Gasteiger partial charge in [0.2, 0.25) is 6.79 Å². The first-order valence-corrected chi connectivity index (χ1v) is 8.66. The monoisotopic (exact) mass is 391 g/mol. The van der Waals surface area contributed by atoms with Crippen LogP contribution in [0.3, 0.4) is 0 Å². The third-order valence-electron chi connectivity index (χ3n) is 3.77. The molecule has 26 heavy (non-hydrogen) atoms. The van der Waals surface area contributed by atoms with Crippen molar-refractivity contribution in [2.45, 2.75) is 13.5 Å². The molecule has 0 unspecified atom stereocenters. The highest BCUT2D eigenvalue weighted by atomic mass is 35.5. The highest BCUT2D eigenvalue weighted by Gasteiger charge is 2.13. The van der Waals surface area contributed by atoms with Gasteiger partial charge in [0.05, 0.1) is 12.8 Å². The summed E-state index contributed by atoms with van der Waals surface area (Å²) >= 11 is 11.3. The Bertz CT molecular complexity index is 858. The molecule has 1 aliphatic heterocycles. The molecule has 2 N–H and O–H groups in total. The molecule has 0 aromatic heterocycles. The van der Waals surface area contributed by atoms with Gasteiger partial charge in [-0.2, -0.15) is 5.10 Å². The Kier molecular flexibility index (Phi) is 5.80. The molecule has 0 saturated carbocycles. The number of hydrogen-bond donors (Lipinski definition) is 2. The van der Waals surface area contributed by atoms with Crippen molar-refractivity contribution in [1.82, 2.24) is 10.7 Å². The molecule has 6 nitrogen and oxygen atoms in total. The molecule has 3 rings (SSSR count). The van der Waals surface area contributed by atoms with Crippen LogP contribution in [0.4, 0.5) is 0 Å². The van der Waals surface area contributed by atoms with Gasteiger partial charge in [-0.05, 0) is 55.0 Å². The summed E-state index contributed by atoms with van der Waals surface area (Å²) in [5.41, 5.74) is 5.35. The summed E-state index contributed by atoms with van der Waals surface area (Å²) in [6.45, 7) is 2.65. The molecule has 0 radical (unpaired) electrons. The van der Waals surface area contributed by atoms with Crippen molar-refractivity contribution in [2.75, 3.05) is 13.9 Å². The lowest BCUT2D eigenvalue weighted by Crippen LogP contribution is -2.32. The molecule has 0 bridgehead atoms. The fourth-order valence-corrected chi connectivity index (χ4v) is 2.72. The SMILES string of the molecule is COc1ccc(Cl)cc1/C(C)=N\NC(=S)NCc1ccc2c(c1)OCO2. The number of methoxy groups -OCH3 is 1. The summed E-state index contributed by atoms with van der Waals surface area (Å²) in [5, 5.41) is 8.41. The highest BCUT2D eigenvalue weighted by Crippen LogP contribution is 2.32. The predicted octanol–water partition coefficient (Wildman–Crippen LogP) is 3.47. The predicted molar refractivity (Wildman–Crippen MR) is 105 cm³/mol. The number of thiocarbonyl (C=S) groups is 1. The number of nitrogens with zero attached hydrogens (tertiary/aromatic N) is 1. The Morgan fingerprint density at radius 3 is 2.85 bits per heavy atom. The first-order chi connectivity index (χ1) is 12.6. The van der Waals surface area contributed by atoms with Crippen LogP contribution in [-0.4, -0.2) is 24.7 Å². The molecule has 0 aliphatic carbocycles. The van der Waals surface area contributed by atoms with Gasteiger partial charge in [0.15, 0.2) is 16.6 Å². The van der Waals surface area contributed by atoms with Gasteiger partial charge < -0.3 is 19.5 Å². The number of rotatable bonds is 5. The topological polar surface area (TPSA) is 64.1 Å². The molecule has 2 aromatic carbocycles. The molecule has 8 heteroatoms. The van der Waals surface area contributed by atoms with E-state index in [1.165, 1.54) is 0 Å². The second-order valence-corrected chi connectivity index (χ2v) is 6.37. The van der Waals surface area contributed by atoms with Crippen LogP contribution >= 0.6 is 23.8 Å². The van der Waals surface area contributed by atoms with Gasteiger partial charge in [-0.1, -0.05) is 17.7 Å². The third kappa shape index (κ3) is 4.36. The Labute approximate surface area is 162 Å². The summed E-state index contributed by atoms with van der Waals surface area (Å²) in [5.74, 6) is 2.19. The van der Waals surface area contributed by atoms with Crippen molar-refractivity contribution < 1.29 is 14.2 Å². The van der Waals surface area contributed by atoms with Crippen LogP contribution in [0.25, 0.3) is 0 Å². The third-order valence-corrected chi connectivity index (χ3v) is 4.24. The van der Waals surface area contributed by atoms with Crippen LogP contribution in [-0.2, 0) is 6.54 Å². The van der Waals surface area contributed by atoms with Gasteiger partial charge in [-0.15, -0.1) is 0 Å². The minimum atomic E-state index is 0.257. The van der Waals surface area contributed by atoms with Crippen LogP contribution < -0.4 is 25.0 Å². The van der Waals surface area contributed by atoms with Crippen LogP contribution in [0.2, 0.25) is 5.02 Å². The average molecular weight is 392 g/mol. The number of ether oxygens (including phenoxy) is 3. The van der Waals surface area contributed by atoms with Gasteiger partial charge in [0, 0.05) is 17.1 Å². The zero-order valence-electron chi connectivity index (χ0n) is 14.3.